The summed E-state index contributed by atoms with van der Waals surface area (Å²) in [6.45, 7) is 0. The van der Waals surface area contributed by atoms with E-state index in [1.54, 1.807) is 42.5 Å². The van der Waals surface area contributed by atoms with Crippen LogP contribution in [0.15, 0.2) is 85.2 Å². The fourth-order valence-corrected chi connectivity index (χ4v) is 4.14. The van der Waals surface area contributed by atoms with Gasteiger partial charge in [-0.25, -0.2) is 14.4 Å². The topological polar surface area (TPSA) is 64.1 Å². The first-order valence-electron chi connectivity index (χ1n) is 10.9. The molecule has 0 bridgehead atoms. The number of fused-ring (bicyclic) bond motifs is 1. The molecule has 33 heavy (non-hydrogen) atoms. The Bertz CT molecular complexity index is 1290. The van der Waals surface area contributed by atoms with E-state index in [0.717, 1.165) is 24.8 Å². The molecular formula is C27H22FN3O2. The van der Waals surface area contributed by atoms with Crippen LogP contribution in [0, 0.1) is 5.82 Å². The lowest BCUT2D eigenvalue weighted by atomic mass is 9.87. The summed E-state index contributed by atoms with van der Waals surface area (Å²) in [5.74, 6) is 0.381. The predicted octanol–water partition coefficient (Wildman–Crippen LogP) is 5.88. The summed E-state index contributed by atoms with van der Waals surface area (Å²) in [7, 11) is 0. The number of carbonyl (C=O) groups is 1. The van der Waals surface area contributed by atoms with Gasteiger partial charge in [0.25, 0.3) is 5.91 Å². The van der Waals surface area contributed by atoms with Crippen molar-refractivity contribution in [1.29, 1.82) is 0 Å². The summed E-state index contributed by atoms with van der Waals surface area (Å²) in [6, 6.07) is 23.0. The zero-order valence-corrected chi connectivity index (χ0v) is 17.9. The fraction of sp³-hybridized carbons (Fsp3) is 0.148. The lowest BCUT2D eigenvalue weighted by Crippen LogP contribution is -2.30. The number of nitrogens with zero attached hydrogens (tertiary/aromatic N) is 2. The lowest BCUT2D eigenvalue weighted by Gasteiger charge is -2.26. The second-order valence-corrected chi connectivity index (χ2v) is 8.00. The van der Waals surface area contributed by atoms with Crippen LogP contribution in [0.2, 0.25) is 0 Å². The van der Waals surface area contributed by atoms with E-state index in [1.807, 2.05) is 12.1 Å². The van der Waals surface area contributed by atoms with Gasteiger partial charge in [0.2, 0.25) is 5.88 Å². The van der Waals surface area contributed by atoms with Crippen molar-refractivity contribution in [1.82, 2.24) is 15.3 Å². The van der Waals surface area contributed by atoms with Crippen LogP contribution < -0.4 is 10.1 Å². The molecule has 1 aliphatic rings. The minimum Gasteiger partial charge on any atom is -0.439 e. The molecule has 164 valence electrons. The molecule has 0 radical (unpaired) electrons. The monoisotopic (exact) mass is 439 g/mol. The van der Waals surface area contributed by atoms with Gasteiger partial charge in [-0.2, -0.15) is 0 Å². The molecule has 4 aromatic rings. The third-order valence-corrected chi connectivity index (χ3v) is 5.78. The molecule has 1 heterocycles. The van der Waals surface area contributed by atoms with Gasteiger partial charge in [0.15, 0.2) is 0 Å². The Morgan fingerprint density at radius 2 is 1.82 bits per heavy atom. The summed E-state index contributed by atoms with van der Waals surface area (Å²) in [4.78, 5) is 21.4. The van der Waals surface area contributed by atoms with Gasteiger partial charge < -0.3 is 10.1 Å². The first-order chi connectivity index (χ1) is 16.2. The number of ether oxygens (including phenoxy) is 1. The molecule has 0 unspecified atom stereocenters. The number of amides is 1. The van der Waals surface area contributed by atoms with E-state index in [4.69, 9.17) is 4.74 Å². The van der Waals surface area contributed by atoms with Crippen molar-refractivity contribution in [3.63, 3.8) is 0 Å². The number of aromatic nitrogens is 2. The van der Waals surface area contributed by atoms with Crippen LogP contribution in [0.25, 0.3) is 11.3 Å². The number of rotatable bonds is 5. The van der Waals surface area contributed by atoms with Crippen LogP contribution in [0.4, 0.5) is 4.39 Å². The highest BCUT2D eigenvalue weighted by Crippen LogP contribution is 2.30. The molecule has 0 spiro atoms. The summed E-state index contributed by atoms with van der Waals surface area (Å²) >= 11 is 0. The van der Waals surface area contributed by atoms with E-state index in [1.165, 1.54) is 29.6 Å². The van der Waals surface area contributed by atoms with Crippen molar-refractivity contribution in [2.24, 2.45) is 0 Å². The second kappa shape index (κ2) is 9.20. The van der Waals surface area contributed by atoms with Gasteiger partial charge in [-0.1, -0.05) is 30.3 Å². The summed E-state index contributed by atoms with van der Waals surface area (Å²) in [5, 5.41) is 3.17. The number of aryl methyl sites for hydroxylation is 1. The lowest BCUT2D eigenvalue weighted by molar-refractivity contribution is 0.0932. The van der Waals surface area contributed by atoms with Gasteiger partial charge in [-0.05, 0) is 72.9 Å². The molecule has 5 rings (SSSR count). The average Bonchev–Trinajstić information content (AvgIpc) is 2.85. The van der Waals surface area contributed by atoms with Gasteiger partial charge in [-0.15, -0.1) is 0 Å². The average molecular weight is 439 g/mol. The zero-order valence-electron chi connectivity index (χ0n) is 17.9. The summed E-state index contributed by atoms with van der Waals surface area (Å²) in [6.07, 6.45) is 4.41. The largest absolute Gasteiger partial charge is 0.439 e. The zero-order chi connectivity index (χ0) is 22.6. The van der Waals surface area contributed by atoms with Crippen LogP contribution in [0.1, 0.15) is 40.4 Å². The van der Waals surface area contributed by atoms with E-state index >= 15 is 0 Å². The summed E-state index contributed by atoms with van der Waals surface area (Å²) < 4.78 is 19.1. The number of nitrogens with one attached hydrogen (secondary N) is 1. The molecule has 0 saturated heterocycles. The van der Waals surface area contributed by atoms with Gasteiger partial charge in [0.05, 0.1) is 11.7 Å². The highest BCUT2D eigenvalue weighted by atomic mass is 19.1. The van der Waals surface area contributed by atoms with Crippen molar-refractivity contribution < 1.29 is 13.9 Å². The quantitative estimate of drug-likeness (QED) is 0.422. The third kappa shape index (κ3) is 4.75. The molecule has 0 aliphatic heterocycles. The van der Waals surface area contributed by atoms with Crippen molar-refractivity contribution in [2.45, 2.75) is 25.3 Å². The predicted molar refractivity (Wildman–Crippen MR) is 124 cm³/mol. The smallest absolute Gasteiger partial charge is 0.251 e. The molecule has 1 amide bonds. The van der Waals surface area contributed by atoms with Gasteiger partial charge in [0.1, 0.15) is 17.9 Å². The first-order valence-corrected chi connectivity index (χ1v) is 10.9. The SMILES string of the molecule is O=C(N[C@H]1CCCc2ccccc21)c1cccc(Oc2cc(-c3ccc(F)cc3)ncn2)c1. The Labute approximate surface area is 191 Å². The van der Waals surface area contributed by atoms with Crippen molar-refractivity contribution in [2.75, 3.05) is 0 Å². The number of carbonyl (C=O) groups excluding carboxylic acids is 1. The molecule has 1 atom stereocenters. The number of hydrogen-bond donors (Lipinski definition) is 1. The number of benzene rings is 3. The third-order valence-electron chi connectivity index (χ3n) is 5.78. The Hall–Kier alpha value is -4.06. The van der Waals surface area contributed by atoms with E-state index in [9.17, 15) is 9.18 Å². The molecule has 0 saturated carbocycles. The molecule has 3 aromatic carbocycles. The molecule has 1 N–H and O–H groups in total. The Morgan fingerprint density at radius 1 is 0.970 bits per heavy atom. The highest BCUT2D eigenvalue weighted by molar-refractivity contribution is 5.94. The van der Waals surface area contributed by atoms with Crippen LogP contribution in [-0.4, -0.2) is 15.9 Å². The Balaban J connectivity index is 1.31. The Morgan fingerprint density at radius 3 is 2.70 bits per heavy atom. The molecule has 0 fully saturated rings. The fourth-order valence-electron chi connectivity index (χ4n) is 4.14. The van der Waals surface area contributed by atoms with Crippen molar-refractivity contribution >= 4 is 5.91 Å². The van der Waals surface area contributed by atoms with Crippen LogP contribution in [0.5, 0.6) is 11.6 Å². The molecular weight excluding hydrogens is 417 g/mol. The van der Waals surface area contributed by atoms with Crippen molar-refractivity contribution in [3.05, 3.63) is 108 Å². The van der Waals surface area contributed by atoms with Gasteiger partial charge in [0, 0.05) is 17.2 Å². The molecule has 6 heteroatoms. The molecule has 1 aliphatic carbocycles. The molecule has 5 nitrogen and oxygen atoms in total. The van der Waals surface area contributed by atoms with E-state index in [-0.39, 0.29) is 17.8 Å². The molecule has 1 aromatic heterocycles. The van der Waals surface area contributed by atoms with Gasteiger partial charge in [-0.3, -0.25) is 4.79 Å². The van der Waals surface area contributed by atoms with Gasteiger partial charge >= 0.3 is 0 Å². The van der Waals surface area contributed by atoms with E-state index < -0.39 is 0 Å². The van der Waals surface area contributed by atoms with Crippen molar-refractivity contribution in [3.8, 4) is 22.9 Å². The Kier molecular flexibility index (Phi) is 5.81. The van der Waals surface area contributed by atoms with Crippen LogP contribution in [0.3, 0.4) is 0 Å². The maximum atomic E-state index is 13.2. The number of halogens is 1. The van der Waals surface area contributed by atoms with Crippen LogP contribution >= 0.6 is 0 Å². The maximum absolute atomic E-state index is 13.2. The van der Waals surface area contributed by atoms with E-state index in [0.29, 0.717) is 22.9 Å². The van der Waals surface area contributed by atoms with Crippen LogP contribution in [-0.2, 0) is 6.42 Å². The van der Waals surface area contributed by atoms with E-state index in [2.05, 4.69) is 27.4 Å². The second-order valence-electron chi connectivity index (χ2n) is 8.00. The standard InChI is InChI=1S/C27H22FN3O2/c28-21-13-11-19(12-14-21)25-16-26(30-17-29-25)33-22-8-3-7-20(15-22)27(32)31-24-10-4-6-18-5-1-2-9-23(18)24/h1-3,5,7-9,11-17,24H,4,6,10H2,(H,31,32)/t24-/m0/s1. The first kappa shape index (κ1) is 20.8. The number of hydrogen-bond acceptors (Lipinski definition) is 4. The highest BCUT2D eigenvalue weighted by Gasteiger charge is 2.22. The minimum atomic E-state index is -0.309. The normalized spacial score (nSPS) is 14.9. The summed E-state index contributed by atoms with van der Waals surface area (Å²) in [5.41, 5.74) is 4.38. The minimum absolute atomic E-state index is 0.00663. The maximum Gasteiger partial charge on any atom is 0.251 e.